The number of nitro groups is 1. The van der Waals surface area contributed by atoms with Crippen molar-refractivity contribution in [2.24, 2.45) is 0 Å². The maximum absolute atomic E-state index is 11.2. The molecular weight excluding hydrogens is 264 g/mol. The first-order valence-corrected chi connectivity index (χ1v) is 6.48. The summed E-state index contributed by atoms with van der Waals surface area (Å²) >= 11 is 0. The highest BCUT2D eigenvalue weighted by Crippen LogP contribution is 2.26. The van der Waals surface area contributed by atoms with Gasteiger partial charge in [0, 0.05) is 6.07 Å². The number of methoxy groups -OCH3 is 1. The summed E-state index contributed by atoms with van der Waals surface area (Å²) in [5.41, 5.74) is -0.776. The zero-order valence-corrected chi connectivity index (χ0v) is 10.4. The van der Waals surface area contributed by atoms with E-state index in [2.05, 4.69) is 4.74 Å². The zero-order valence-electron chi connectivity index (χ0n) is 9.54. The first kappa shape index (κ1) is 13.9. The molecule has 9 heteroatoms. The van der Waals surface area contributed by atoms with E-state index in [0.717, 1.165) is 25.5 Å². The maximum Gasteiger partial charge on any atom is 0.338 e. The predicted octanol–water partition coefficient (Wildman–Crippen LogP) is 0.753. The number of ether oxygens (including phenoxy) is 1. The molecule has 0 spiro atoms. The van der Waals surface area contributed by atoms with E-state index in [-0.39, 0.29) is 11.3 Å². The molecule has 0 amide bonds. The van der Waals surface area contributed by atoms with Crippen LogP contribution in [0.3, 0.4) is 0 Å². The Kier molecular flexibility index (Phi) is 3.86. The van der Waals surface area contributed by atoms with Gasteiger partial charge in [0.25, 0.3) is 5.69 Å². The van der Waals surface area contributed by atoms with Crippen molar-refractivity contribution in [2.45, 2.75) is 0 Å². The fourth-order valence-corrected chi connectivity index (χ4v) is 1.79. The number of nitrogens with zero attached hydrogens (tertiary/aromatic N) is 1. The Balaban J connectivity index is 3.29. The molecule has 0 aliphatic carbocycles. The van der Waals surface area contributed by atoms with Crippen LogP contribution in [0.2, 0.25) is 0 Å². The third-order valence-electron chi connectivity index (χ3n) is 1.91. The van der Waals surface area contributed by atoms with Crippen LogP contribution in [0.15, 0.2) is 18.2 Å². The van der Waals surface area contributed by atoms with Gasteiger partial charge >= 0.3 is 5.97 Å². The Hall–Kier alpha value is -2.16. The second-order valence-corrected chi connectivity index (χ2v) is 5.10. The molecule has 0 radical (unpaired) electrons. The fraction of sp³-hybridized carbons (Fsp3) is 0.222. The molecule has 1 N–H and O–H groups in total. The minimum Gasteiger partial charge on any atom is -0.465 e. The maximum atomic E-state index is 11.2. The third-order valence-corrected chi connectivity index (χ3v) is 2.50. The highest BCUT2D eigenvalue weighted by atomic mass is 32.2. The summed E-state index contributed by atoms with van der Waals surface area (Å²) in [5.74, 6) is -0.746. The second kappa shape index (κ2) is 5.00. The summed E-state index contributed by atoms with van der Waals surface area (Å²) in [7, 11) is -2.51. The largest absolute Gasteiger partial charge is 0.465 e. The van der Waals surface area contributed by atoms with Gasteiger partial charge in [-0.1, -0.05) is 0 Å². The molecule has 18 heavy (non-hydrogen) atoms. The SMILES string of the molecule is COC(=O)c1ccc(NS(C)(=O)=O)c([N+](=O)[O-])c1. The standard InChI is InChI=1S/C9H10N2O6S/c1-17-9(12)6-3-4-7(10-18(2,15)16)8(5-6)11(13)14/h3-5,10H,1-2H3. The molecule has 0 aliphatic heterocycles. The van der Waals surface area contributed by atoms with Crippen molar-refractivity contribution in [1.82, 2.24) is 0 Å². The Bertz CT molecular complexity index is 595. The van der Waals surface area contributed by atoms with Gasteiger partial charge in [-0.2, -0.15) is 0 Å². The van der Waals surface area contributed by atoms with Gasteiger partial charge in [0.15, 0.2) is 0 Å². The monoisotopic (exact) mass is 274 g/mol. The fourth-order valence-electron chi connectivity index (χ4n) is 1.21. The van der Waals surface area contributed by atoms with E-state index in [0.29, 0.717) is 0 Å². The normalized spacial score (nSPS) is 10.8. The molecule has 1 aromatic rings. The number of nitrogens with one attached hydrogen (secondary N) is 1. The summed E-state index contributed by atoms with van der Waals surface area (Å²) in [5, 5.41) is 10.8. The number of nitro benzene ring substituents is 1. The number of sulfonamides is 1. The van der Waals surface area contributed by atoms with E-state index in [1.165, 1.54) is 6.07 Å². The van der Waals surface area contributed by atoms with Gasteiger partial charge in [-0.25, -0.2) is 13.2 Å². The Morgan fingerprint density at radius 3 is 2.50 bits per heavy atom. The number of benzene rings is 1. The zero-order chi connectivity index (χ0) is 13.9. The third kappa shape index (κ3) is 3.42. The van der Waals surface area contributed by atoms with Gasteiger partial charge in [-0.15, -0.1) is 0 Å². The number of anilines is 1. The number of rotatable bonds is 4. The van der Waals surface area contributed by atoms with Crippen LogP contribution < -0.4 is 4.72 Å². The molecule has 98 valence electrons. The summed E-state index contributed by atoms with van der Waals surface area (Å²) in [6.45, 7) is 0. The van der Waals surface area contributed by atoms with E-state index in [1.54, 1.807) is 0 Å². The lowest BCUT2D eigenvalue weighted by Crippen LogP contribution is -2.12. The van der Waals surface area contributed by atoms with E-state index in [4.69, 9.17) is 0 Å². The summed E-state index contributed by atoms with van der Waals surface area (Å²) in [6, 6.07) is 3.30. The molecule has 0 saturated heterocycles. The summed E-state index contributed by atoms with van der Waals surface area (Å²) in [4.78, 5) is 21.2. The highest BCUT2D eigenvalue weighted by Gasteiger charge is 2.19. The van der Waals surface area contributed by atoms with E-state index >= 15 is 0 Å². The van der Waals surface area contributed by atoms with E-state index < -0.39 is 26.6 Å². The molecule has 1 rings (SSSR count). The average molecular weight is 274 g/mol. The molecule has 0 aromatic heterocycles. The quantitative estimate of drug-likeness (QED) is 0.492. The van der Waals surface area contributed by atoms with Crippen LogP contribution in [0.25, 0.3) is 0 Å². The van der Waals surface area contributed by atoms with Crippen LogP contribution >= 0.6 is 0 Å². The second-order valence-electron chi connectivity index (χ2n) is 3.35. The van der Waals surface area contributed by atoms with Crippen LogP contribution in [-0.4, -0.2) is 32.7 Å². The number of esters is 1. The Morgan fingerprint density at radius 1 is 1.44 bits per heavy atom. The van der Waals surface area contributed by atoms with Crippen molar-refractivity contribution in [1.29, 1.82) is 0 Å². The Labute approximate surface area is 103 Å². The lowest BCUT2D eigenvalue weighted by Gasteiger charge is -2.06. The molecular formula is C9H10N2O6S. The first-order valence-electron chi connectivity index (χ1n) is 4.59. The lowest BCUT2D eigenvalue weighted by atomic mass is 10.2. The van der Waals surface area contributed by atoms with Gasteiger partial charge in [-0.05, 0) is 12.1 Å². The topological polar surface area (TPSA) is 116 Å². The van der Waals surface area contributed by atoms with Crippen LogP contribution in [-0.2, 0) is 14.8 Å². The van der Waals surface area contributed by atoms with Crippen molar-refractivity contribution in [2.75, 3.05) is 18.1 Å². The molecule has 0 unspecified atom stereocenters. The van der Waals surface area contributed by atoms with Gasteiger partial charge in [-0.3, -0.25) is 14.8 Å². The van der Waals surface area contributed by atoms with Crippen molar-refractivity contribution >= 4 is 27.4 Å². The number of hydrogen-bond acceptors (Lipinski definition) is 6. The molecule has 0 bridgehead atoms. The average Bonchev–Trinajstić information content (AvgIpc) is 2.26. The number of carbonyl (C=O) groups excluding carboxylic acids is 1. The molecule has 8 nitrogen and oxygen atoms in total. The molecule has 0 fully saturated rings. The smallest absolute Gasteiger partial charge is 0.338 e. The highest BCUT2D eigenvalue weighted by molar-refractivity contribution is 7.92. The van der Waals surface area contributed by atoms with Gasteiger partial charge in [0.05, 0.1) is 23.9 Å². The van der Waals surface area contributed by atoms with E-state index in [9.17, 15) is 23.3 Å². The van der Waals surface area contributed by atoms with Crippen LogP contribution in [0.1, 0.15) is 10.4 Å². The molecule has 0 aliphatic rings. The van der Waals surface area contributed by atoms with Crippen LogP contribution in [0.5, 0.6) is 0 Å². The van der Waals surface area contributed by atoms with Gasteiger partial charge in [0.1, 0.15) is 5.69 Å². The van der Waals surface area contributed by atoms with Crippen molar-refractivity contribution in [3.63, 3.8) is 0 Å². The first-order chi connectivity index (χ1) is 8.24. The minimum atomic E-state index is -3.64. The minimum absolute atomic E-state index is 0.0387. The van der Waals surface area contributed by atoms with E-state index in [1.807, 2.05) is 4.72 Å². The summed E-state index contributed by atoms with van der Waals surface area (Å²) in [6.07, 6.45) is 0.866. The molecule has 1 aromatic carbocycles. The van der Waals surface area contributed by atoms with Gasteiger partial charge in [0.2, 0.25) is 10.0 Å². The van der Waals surface area contributed by atoms with Crippen molar-refractivity contribution < 1.29 is 22.9 Å². The molecule has 0 heterocycles. The number of carbonyl (C=O) groups is 1. The molecule has 0 saturated carbocycles. The number of hydrogen-bond donors (Lipinski definition) is 1. The Morgan fingerprint density at radius 2 is 2.06 bits per heavy atom. The van der Waals surface area contributed by atoms with Crippen LogP contribution in [0, 0.1) is 10.1 Å². The summed E-state index contributed by atoms with van der Waals surface area (Å²) < 4.78 is 28.5. The van der Waals surface area contributed by atoms with Crippen LogP contribution in [0.4, 0.5) is 11.4 Å². The van der Waals surface area contributed by atoms with Crippen molar-refractivity contribution in [3.8, 4) is 0 Å². The molecule has 0 atom stereocenters. The lowest BCUT2D eigenvalue weighted by molar-refractivity contribution is -0.383. The van der Waals surface area contributed by atoms with Gasteiger partial charge < -0.3 is 4.74 Å². The predicted molar refractivity (Wildman–Crippen MR) is 62.9 cm³/mol. The van der Waals surface area contributed by atoms with Crippen molar-refractivity contribution in [3.05, 3.63) is 33.9 Å².